The molecule has 3 aliphatic carbocycles. The zero-order valence-electron chi connectivity index (χ0n) is 23.3. The summed E-state index contributed by atoms with van der Waals surface area (Å²) < 4.78 is 0. The van der Waals surface area contributed by atoms with Crippen molar-refractivity contribution in [1.29, 1.82) is 0 Å². The minimum atomic E-state index is 0.482. The van der Waals surface area contributed by atoms with Crippen LogP contribution >= 0.6 is 0 Å². The first kappa shape index (κ1) is 25.9. The summed E-state index contributed by atoms with van der Waals surface area (Å²) in [6, 6.07) is 13.3. The molecule has 0 fully saturated rings. The van der Waals surface area contributed by atoms with Crippen LogP contribution in [0.15, 0.2) is 100 Å². The minimum absolute atomic E-state index is 0.482. The van der Waals surface area contributed by atoms with Gasteiger partial charge in [0.25, 0.3) is 0 Å². The fourth-order valence-electron chi connectivity index (χ4n) is 5.77. The number of hydrogen-bond acceptors (Lipinski definition) is 2. The maximum absolute atomic E-state index is 5.05. The zero-order valence-corrected chi connectivity index (χ0v) is 23.3. The summed E-state index contributed by atoms with van der Waals surface area (Å²) in [5.74, 6) is 1.18. The summed E-state index contributed by atoms with van der Waals surface area (Å²) in [5.41, 5.74) is 13.3. The molecule has 2 aromatic rings. The van der Waals surface area contributed by atoms with Crippen molar-refractivity contribution in [2.45, 2.75) is 65.7 Å². The van der Waals surface area contributed by atoms with Gasteiger partial charge in [-0.3, -0.25) is 0 Å². The van der Waals surface area contributed by atoms with Crippen molar-refractivity contribution in [3.63, 3.8) is 0 Å². The number of nitrogens with zero attached hydrogens (tertiary/aromatic N) is 2. The van der Waals surface area contributed by atoms with E-state index in [0.29, 0.717) is 11.8 Å². The second kappa shape index (κ2) is 11.3. The van der Waals surface area contributed by atoms with Crippen molar-refractivity contribution >= 4 is 22.8 Å². The lowest BCUT2D eigenvalue weighted by Gasteiger charge is -2.14. The third-order valence-corrected chi connectivity index (χ3v) is 7.72. The van der Waals surface area contributed by atoms with Gasteiger partial charge in [-0.1, -0.05) is 56.0 Å². The fraction of sp³-hybridized carbons (Fsp3) is 0.314. The third kappa shape index (κ3) is 5.43. The first-order valence-corrected chi connectivity index (χ1v) is 14.0. The van der Waals surface area contributed by atoms with E-state index in [0.717, 1.165) is 66.9 Å². The maximum atomic E-state index is 5.05. The number of aliphatic imine (C=N–C) groups is 2. The van der Waals surface area contributed by atoms with Gasteiger partial charge in [0.15, 0.2) is 5.84 Å². The molecule has 0 saturated heterocycles. The van der Waals surface area contributed by atoms with E-state index >= 15 is 0 Å². The first-order valence-electron chi connectivity index (χ1n) is 14.0. The number of anilines is 1. The highest BCUT2D eigenvalue weighted by atomic mass is 14.9. The number of benzene rings is 2. The molecule has 5 rings (SSSR count). The average molecular weight is 502 g/mol. The molecule has 0 bridgehead atoms. The van der Waals surface area contributed by atoms with E-state index in [1.165, 1.54) is 33.4 Å². The molecule has 1 atom stereocenters. The minimum Gasteiger partial charge on any atom is -0.381 e. The van der Waals surface area contributed by atoms with E-state index in [4.69, 9.17) is 9.98 Å². The molecule has 0 aliphatic heterocycles. The van der Waals surface area contributed by atoms with Crippen LogP contribution in [-0.2, 0) is 0 Å². The van der Waals surface area contributed by atoms with Gasteiger partial charge in [0, 0.05) is 35.1 Å². The molecule has 2 aromatic carbocycles. The molecular weight excluding hydrogens is 462 g/mol. The standard InChI is InChI=1S/C35H39N3/c1-6-29-30-14-10-11-15-31(30)32-18-16-27(21-33(29)32)25(5)38-35(37-23(2)3)28-17-19-34(24(4)20-28)36-22-26-12-8-7-9-13-26/h8,12-21,29,36H,2,6-7,9-11,22H2,1,3-5H3. The van der Waals surface area contributed by atoms with E-state index in [1.54, 1.807) is 0 Å². The van der Waals surface area contributed by atoms with Gasteiger partial charge >= 0.3 is 0 Å². The van der Waals surface area contributed by atoms with Crippen LogP contribution in [0.5, 0.6) is 0 Å². The lowest BCUT2D eigenvalue weighted by molar-refractivity contribution is 0.788. The molecule has 1 unspecified atom stereocenters. The van der Waals surface area contributed by atoms with Crippen molar-refractivity contribution in [3.8, 4) is 0 Å². The van der Waals surface area contributed by atoms with E-state index in [-0.39, 0.29) is 0 Å². The Labute approximate surface area is 228 Å². The number of nitrogens with one attached hydrogen (secondary N) is 1. The molecule has 0 heterocycles. The predicted octanol–water partition coefficient (Wildman–Crippen LogP) is 9.08. The number of aryl methyl sites for hydroxylation is 1. The highest BCUT2D eigenvalue weighted by Crippen LogP contribution is 2.49. The van der Waals surface area contributed by atoms with Gasteiger partial charge in [0.1, 0.15) is 0 Å². The Morgan fingerprint density at radius 1 is 0.947 bits per heavy atom. The van der Waals surface area contributed by atoms with Crippen molar-refractivity contribution in [2.75, 3.05) is 11.9 Å². The van der Waals surface area contributed by atoms with Crippen LogP contribution in [0, 0.1) is 6.92 Å². The SMILES string of the molecule is C=C(C)N=C(N=C(C)c1ccc2c(c1)C(CC)C1=CCCC=C12)c1ccc(NCC2=CCCC=C2)c(C)c1. The largest absolute Gasteiger partial charge is 0.381 e. The zero-order chi connectivity index (χ0) is 26.6. The normalized spacial score (nSPS) is 18.8. The topological polar surface area (TPSA) is 36.8 Å². The van der Waals surface area contributed by atoms with Gasteiger partial charge in [0.05, 0.1) is 0 Å². The Bertz CT molecular complexity index is 1440. The molecule has 3 aliphatic rings. The van der Waals surface area contributed by atoms with Crippen LogP contribution in [0.25, 0.3) is 5.57 Å². The molecule has 3 nitrogen and oxygen atoms in total. The van der Waals surface area contributed by atoms with Crippen molar-refractivity contribution in [1.82, 2.24) is 0 Å². The highest BCUT2D eigenvalue weighted by Gasteiger charge is 2.31. The second-order valence-corrected chi connectivity index (χ2v) is 10.6. The van der Waals surface area contributed by atoms with Crippen LogP contribution in [0.1, 0.15) is 86.6 Å². The number of hydrogen-bond donors (Lipinski definition) is 1. The maximum Gasteiger partial charge on any atom is 0.159 e. The summed E-state index contributed by atoms with van der Waals surface area (Å²) in [5, 5.41) is 3.59. The van der Waals surface area contributed by atoms with Crippen molar-refractivity contribution < 1.29 is 0 Å². The van der Waals surface area contributed by atoms with Gasteiger partial charge in [-0.2, -0.15) is 0 Å². The molecule has 0 saturated carbocycles. The Morgan fingerprint density at radius 2 is 1.74 bits per heavy atom. The monoisotopic (exact) mass is 501 g/mol. The van der Waals surface area contributed by atoms with Crippen molar-refractivity contribution in [2.24, 2.45) is 9.98 Å². The fourth-order valence-corrected chi connectivity index (χ4v) is 5.77. The Kier molecular flexibility index (Phi) is 7.74. The third-order valence-electron chi connectivity index (χ3n) is 7.72. The number of amidine groups is 1. The quantitative estimate of drug-likeness (QED) is 0.298. The van der Waals surface area contributed by atoms with Gasteiger partial charge in [-0.15, -0.1) is 0 Å². The summed E-state index contributed by atoms with van der Waals surface area (Å²) >= 11 is 0. The smallest absolute Gasteiger partial charge is 0.159 e. The summed E-state index contributed by atoms with van der Waals surface area (Å²) in [7, 11) is 0. The average Bonchev–Trinajstić information content (AvgIpc) is 3.25. The van der Waals surface area contributed by atoms with Crippen LogP contribution in [0.4, 0.5) is 5.69 Å². The number of fused-ring (bicyclic) bond motifs is 3. The van der Waals surface area contributed by atoms with E-state index < -0.39 is 0 Å². The Hall–Kier alpha value is -3.72. The Balaban J connectivity index is 1.42. The van der Waals surface area contributed by atoms with Gasteiger partial charge < -0.3 is 5.32 Å². The molecule has 38 heavy (non-hydrogen) atoms. The Morgan fingerprint density at radius 3 is 2.47 bits per heavy atom. The molecule has 1 N–H and O–H groups in total. The molecular formula is C35H39N3. The lowest BCUT2D eigenvalue weighted by Crippen LogP contribution is -2.08. The molecule has 0 radical (unpaired) electrons. The summed E-state index contributed by atoms with van der Waals surface area (Å²) in [6.07, 6.45) is 17.3. The molecule has 3 heteroatoms. The van der Waals surface area contributed by atoms with Crippen LogP contribution < -0.4 is 5.32 Å². The van der Waals surface area contributed by atoms with Crippen LogP contribution in [0.2, 0.25) is 0 Å². The van der Waals surface area contributed by atoms with Crippen molar-refractivity contribution in [3.05, 3.63) is 118 Å². The molecule has 0 amide bonds. The van der Waals surface area contributed by atoms with Gasteiger partial charge in [0.2, 0.25) is 0 Å². The number of rotatable bonds is 7. The van der Waals surface area contributed by atoms with Gasteiger partial charge in [-0.25, -0.2) is 9.98 Å². The predicted molar refractivity (Wildman–Crippen MR) is 164 cm³/mol. The lowest BCUT2D eigenvalue weighted by atomic mass is 9.90. The molecule has 0 aromatic heterocycles. The van der Waals surface area contributed by atoms with Crippen LogP contribution in [0.3, 0.4) is 0 Å². The summed E-state index contributed by atoms with van der Waals surface area (Å²) in [6.45, 7) is 13.3. The van der Waals surface area contributed by atoms with Gasteiger partial charge in [-0.05, 0) is 116 Å². The number of allylic oxidation sites excluding steroid dienone is 7. The molecule has 194 valence electrons. The molecule has 0 spiro atoms. The van der Waals surface area contributed by atoms with E-state index in [1.807, 2.05) is 6.92 Å². The second-order valence-electron chi connectivity index (χ2n) is 10.6. The first-order chi connectivity index (χ1) is 18.4. The van der Waals surface area contributed by atoms with E-state index in [9.17, 15) is 0 Å². The highest BCUT2D eigenvalue weighted by molar-refractivity contribution is 6.12. The van der Waals surface area contributed by atoms with E-state index in [2.05, 4.69) is 99.4 Å². The van der Waals surface area contributed by atoms with Crippen LogP contribution in [-0.4, -0.2) is 18.1 Å². The summed E-state index contributed by atoms with van der Waals surface area (Å²) in [4.78, 5) is 9.80.